The van der Waals surface area contributed by atoms with Crippen LogP contribution in [-0.4, -0.2) is 28.4 Å². The fourth-order valence-corrected chi connectivity index (χ4v) is 6.92. The number of fused-ring (bicyclic) bond motifs is 2. The standard InChI is InChI=1S/C23H21FN2O11P2/c24-16-10-26(23(28)25-22(16)27)21-9-19(37-39(30)32-12-15-6-2-4-8-18(15)36-39)20(34-21)13-33-38(29)31-11-14-5-1-3-7-17(14)35-38/h1-8,10,19-21H,9,11-13H2,(H,25,27,28)/t19-,20+,21+,38?,39?/m0/s1. The molecule has 6 rings (SSSR count). The van der Waals surface area contributed by atoms with Crippen LogP contribution in [0.5, 0.6) is 11.5 Å². The van der Waals surface area contributed by atoms with Crippen molar-refractivity contribution in [1.82, 2.24) is 9.55 Å². The highest BCUT2D eigenvalue weighted by Gasteiger charge is 2.47. The zero-order valence-electron chi connectivity index (χ0n) is 20.0. The Morgan fingerprint density at radius 2 is 1.56 bits per heavy atom. The van der Waals surface area contributed by atoms with Gasteiger partial charge in [0.2, 0.25) is 5.82 Å². The van der Waals surface area contributed by atoms with Gasteiger partial charge in [-0.3, -0.25) is 32.4 Å². The Morgan fingerprint density at radius 3 is 2.26 bits per heavy atom. The number of phosphoric ester groups is 2. The number of hydrogen-bond acceptors (Lipinski definition) is 11. The summed E-state index contributed by atoms with van der Waals surface area (Å²) in [6.07, 6.45) is -2.89. The van der Waals surface area contributed by atoms with Crippen LogP contribution in [0.25, 0.3) is 0 Å². The summed E-state index contributed by atoms with van der Waals surface area (Å²) in [5.74, 6) is -0.584. The van der Waals surface area contributed by atoms with E-state index < -0.39 is 57.8 Å². The van der Waals surface area contributed by atoms with Gasteiger partial charge in [-0.05, 0) is 12.1 Å². The average molecular weight is 582 g/mol. The molecule has 3 aliphatic heterocycles. The van der Waals surface area contributed by atoms with Gasteiger partial charge < -0.3 is 13.8 Å². The molecule has 0 amide bonds. The third kappa shape index (κ3) is 5.37. The summed E-state index contributed by atoms with van der Waals surface area (Å²) in [6.45, 7) is -0.534. The monoisotopic (exact) mass is 582 g/mol. The van der Waals surface area contributed by atoms with E-state index in [0.717, 1.165) is 4.57 Å². The van der Waals surface area contributed by atoms with Crippen molar-refractivity contribution in [2.75, 3.05) is 6.61 Å². The molecule has 2 aromatic carbocycles. The zero-order valence-corrected chi connectivity index (χ0v) is 21.8. The quantitative estimate of drug-likeness (QED) is 0.422. The smallest absolute Gasteiger partial charge is 0.404 e. The van der Waals surface area contributed by atoms with E-state index in [0.29, 0.717) is 28.8 Å². The molecule has 0 bridgehead atoms. The second-order valence-corrected chi connectivity index (χ2v) is 11.9. The first-order valence-corrected chi connectivity index (χ1v) is 14.7. The van der Waals surface area contributed by atoms with Crippen LogP contribution in [0.1, 0.15) is 23.8 Å². The molecule has 13 nitrogen and oxygen atoms in total. The summed E-state index contributed by atoms with van der Waals surface area (Å²) in [4.78, 5) is 25.7. The lowest BCUT2D eigenvalue weighted by Crippen LogP contribution is -2.34. The number of ether oxygens (including phenoxy) is 1. The predicted molar refractivity (Wildman–Crippen MR) is 130 cm³/mol. The molecule has 5 atom stereocenters. The van der Waals surface area contributed by atoms with Crippen molar-refractivity contribution in [3.8, 4) is 11.5 Å². The van der Waals surface area contributed by atoms with Crippen molar-refractivity contribution < 1.29 is 45.4 Å². The second kappa shape index (κ2) is 10.1. The third-order valence-electron chi connectivity index (χ3n) is 6.20. The van der Waals surface area contributed by atoms with Gasteiger partial charge in [0.25, 0.3) is 5.56 Å². The highest BCUT2D eigenvalue weighted by molar-refractivity contribution is 7.49. The first kappa shape index (κ1) is 26.1. The van der Waals surface area contributed by atoms with E-state index in [1.165, 1.54) is 0 Å². The molecule has 3 aliphatic rings. The number of nitrogens with one attached hydrogen (secondary N) is 1. The maximum absolute atomic E-state index is 14.0. The Hall–Kier alpha value is -3.09. The predicted octanol–water partition coefficient (Wildman–Crippen LogP) is 3.80. The molecule has 1 aromatic heterocycles. The number of halogens is 1. The maximum atomic E-state index is 14.0. The molecule has 0 radical (unpaired) electrons. The van der Waals surface area contributed by atoms with Crippen LogP contribution < -0.4 is 20.3 Å². The van der Waals surface area contributed by atoms with Crippen molar-refractivity contribution in [3.05, 3.63) is 92.5 Å². The number of aromatic nitrogens is 2. The van der Waals surface area contributed by atoms with Crippen molar-refractivity contribution in [2.45, 2.75) is 38.1 Å². The van der Waals surface area contributed by atoms with Gasteiger partial charge in [-0.1, -0.05) is 36.4 Å². The summed E-state index contributed by atoms with van der Waals surface area (Å²) < 4.78 is 80.0. The van der Waals surface area contributed by atoms with Gasteiger partial charge in [-0.2, -0.15) is 4.39 Å². The number of hydrogen-bond donors (Lipinski definition) is 1. The highest BCUT2D eigenvalue weighted by Crippen LogP contribution is 2.58. The van der Waals surface area contributed by atoms with Gasteiger partial charge in [0.15, 0.2) is 0 Å². The minimum absolute atomic E-state index is 0.0239. The first-order chi connectivity index (χ1) is 18.7. The van der Waals surface area contributed by atoms with E-state index in [1.54, 1.807) is 48.5 Å². The number of para-hydroxylation sites is 2. The molecule has 2 unspecified atom stereocenters. The first-order valence-electron chi connectivity index (χ1n) is 11.7. The normalized spacial score (nSPS) is 29.6. The Labute approximate surface area is 219 Å². The van der Waals surface area contributed by atoms with Crippen molar-refractivity contribution in [2.24, 2.45) is 0 Å². The van der Waals surface area contributed by atoms with E-state index in [-0.39, 0.29) is 19.6 Å². The Bertz CT molecular complexity index is 1630. The number of H-pyrrole nitrogens is 1. The van der Waals surface area contributed by atoms with Crippen molar-refractivity contribution >= 4 is 15.6 Å². The zero-order chi connectivity index (χ0) is 27.2. The number of aromatic amines is 1. The lowest BCUT2D eigenvalue weighted by Gasteiger charge is -2.29. The molecule has 16 heteroatoms. The molecule has 206 valence electrons. The Kier molecular flexibility index (Phi) is 6.80. The SMILES string of the molecule is O=c1[nH]c(=O)n([C@H]2C[C@H](OP3(=O)OCc4ccccc4O3)[C@@H](COP3(=O)OCc4ccccc4O3)O2)cc1F. The molecule has 0 spiro atoms. The van der Waals surface area contributed by atoms with Gasteiger partial charge in [-0.25, -0.2) is 13.9 Å². The summed E-state index contributed by atoms with van der Waals surface area (Å²) in [5, 5.41) is 0. The third-order valence-corrected chi connectivity index (χ3v) is 8.92. The van der Waals surface area contributed by atoms with Crippen LogP contribution in [0.3, 0.4) is 0 Å². The van der Waals surface area contributed by atoms with Crippen LogP contribution >= 0.6 is 15.6 Å². The van der Waals surface area contributed by atoms with Gasteiger partial charge in [-0.15, -0.1) is 0 Å². The molecule has 39 heavy (non-hydrogen) atoms. The lowest BCUT2D eigenvalue weighted by molar-refractivity contribution is -0.0477. The van der Waals surface area contributed by atoms with E-state index in [9.17, 15) is 23.1 Å². The maximum Gasteiger partial charge on any atom is 0.530 e. The molecule has 3 aromatic rings. The van der Waals surface area contributed by atoms with Crippen LogP contribution in [0.4, 0.5) is 4.39 Å². The number of phosphoric acid groups is 2. The number of benzene rings is 2. The molecule has 4 heterocycles. The van der Waals surface area contributed by atoms with Crippen molar-refractivity contribution in [3.63, 3.8) is 0 Å². The van der Waals surface area contributed by atoms with Crippen LogP contribution in [0.2, 0.25) is 0 Å². The van der Waals surface area contributed by atoms with Gasteiger partial charge in [0, 0.05) is 17.5 Å². The highest BCUT2D eigenvalue weighted by atomic mass is 31.2. The summed E-state index contributed by atoms with van der Waals surface area (Å²) >= 11 is 0. The van der Waals surface area contributed by atoms with Gasteiger partial charge in [0.05, 0.1) is 26.0 Å². The van der Waals surface area contributed by atoms with Crippen LogP contribution in [-0.2, 0) is 45.2 Å². The van der Waals surface area contributed by atoms with E-state index in [4.69, 9.17) is 31.9 Å². The minimum atomic E-state index is -4.18. The summed E-state index contributed by atoms with van der Waals surface area (Å²) in [7, 11) is -8.27. The van der Waals surface area contributed by atoms with E-state index in [2.05, 4.69) is 0 Å². The number of rotatable bonds is 6. The molecular formula is C23H21FN2O11P2. The number of nitrogens with zero attached hydrogens (tertiary/aromatic N) is 1. The molecule has 0 saturated carbocycles. The Balaban J connectivity index is 1.23. The molecule has 1 saturated heterocycles. The van der Waals surface area contributed by atoms with Crippen molar-refractivity contribution in [1.29, 1.82) is 0 Å². The molecule has 0 aliphatic carbocycles. The average Bonchev–Trinajstić information content (AvgIpc) is 3.31. The lowest BCUT2D eigenvalue weighted by atomic mass is 10.2. The summed E-state index contributed by atoms with van der Waals surface area (Å²) in [6, 6.07) is 13.6. The topological polar surface area (TPSA) is 154 Å². The van der Waals surface area contributed by atoms with Gasteiger partial charge in [0.1, 0.15) is 29.9 Å². The minimum Gasteiger partial charge on any atom is -0.404 e. The second-order valence-electron chi connectivity index (χ2n) is 8.79. The fraction of sp³-hybridized carbons (Fsp3) is 0.304. The summed E-state index contributed by atoms with van der Waals surface area (Å²) in [5.41, 5.74) is -0.802. The Morgan fingerprint density at radius 1 is 0.949 bits per heavy atom. The largest absolute Gasteiger partial charge is 0.530 e. The van der Waals surface area contributed by atoms with Crippen LogP contribution in [0, 0.1) is 5.82 Å². The molecular weight excluding hydrogens is 561 g/mol. The van der Waals surface area contributed by atoms with E-state index in [1.807, 2.05) is 4.98 Å². The van der Waals surface area contributed by atoms with Crippen LogP contribution in [0.15, 0.2) is 64.3 Å². The molecule has 1 N–H and O–H groups in total. The fourth-order valence-electron chi connectivity index (χ4n) is 4.27. The molecule has 1 fully saturated rings. The van der Waals surface area contributed by atoms with E-state index >= 15 is 0 Å². The van der Waals surface area contributed by atoms with Gasteiger partial charge >= 0.3 is 21.3 Å².